The average Bonchev–Trinajstić information content (AvgIpc) is 2.75. The van der Waals surface area contributed by atoms with Crippen molar-refractivity contribution in [1.82, 2.24) is 10.6 Å². The van der Waals surface area contributed by atoms with E-state index in [1.807, 2.05) is 0 Å². The number of amides is 1. The van der Waals surface area contributed by atoms with E-state index >= 15 is 0 Å². The van der Waals surface area contributed by atoms with Gasteiger partial charge < -0.3 is 15.7 Å². The lowest BCUT2D eigenvalue weighted by Gasteiger charge is -2.14. The van der Waals surface area contributed by atoms with Gasteiger partial charge in [0.05, 0.1) is 11.7 Å². The molecule has 1 saturated heterocycles. The van der Waals surface area contributed by atoms with Crippen LogP contribution in [0.15, 0.2) is 22.7 Å². The van der Waals surface area contributed by atoms with Gasteiger partial charge in [0.25, 0.3) is 5.91 Å². The van der Waals surface area contributed by atoms with E-state index in [0.29, 0.717) is 24.1 Å². The van der Waals surface area contributed by atoms with Crippen molar-refractivity contribution in [3.8, 4) is 0 Å². The summed E-state index contributed by atoms with van der Waals surface area (Å²) in [5, 5.41) is 15.3. The first kappa shape index (κ1) is 16.4. The van der Waals surface area contributed by atoms with Crippen LogP contribution in [0.5, 0.6) is 0 Å². The molecule has 0 saturated carbocycles. The fourth-order valence-electron chi connectivity index (χ4n) is 1.92. The van der Waals surface area contributed by atoms with E-state index < -0.39 is 11.9 Å². The molecule has 0 aromatic heterocycles. The molecule has 4 nitrogen and oxygen atoms in total. The number of benzene rings is 1. The van der Waals surface area contributed by atoms with Gasteiger partial charge in [-0.1, -0.05) is 0 Å². The first-order valence-electron chi connectivity index (χ1n) is 5.70. The lowest BCUT2D eigenvalue weighted by Crippen LogP contribution is -2.34. The standard InChI is InChI=1S/C12H14BrFN2O2.ClH/c13-10-2-1-8(14)3-9(10)12(18)16-5-7-4-15-6-11(7)17;/h1-3,7,11,15,17H,4-6H2,(H,16,18);1H. The minimum atomic E-state index is -0.453. The molecule has 2 unspecified atom stereocenters. The maximum Gasteiger partial charge on any atom is 0.252 e. The van der Waals surface area contributed by atoms with Gasteiger partial charge in [-0.25, -0.2) is 4.39 Å². The van der Waals surface area contributed by atoms with Gasteiger partial charge in [-0.15, -0.1) is 12.4 Å². The van der Waals surface area contributed by atoms with Crippen molar-refractivity contribution in [2.75, 3.05) is 19.6 Å². The number of aliphatic hydroxyl groups excluding tert-OH is 1. The molecule has 1 aliphatic heterocycles. The molecule has 1 fully saturated rings. The Labute approximate surface area is 125 Å². The Balaban J connectivity index is 0.00000180. The minimum absolute atomic E-state index is 0. The normalized spacial score (nSPS) is 21.8. The number of aliphatic hydroxyl groups is 1. The molecule has 3 N–H and O–H groups in total. The summed E-state index contributed by atoms with van der Waals surface area (Å²) in [5.41, 5.74) is 0.260. The predicted octanol–water partition coefficient (Wildman–Crippen LogP) is 1.32. The van der Waals surface area contributed by atoms with Crippen LogP contribution in [0.25, 0.3) is 0 Å². The molecule has 19 heavy (non-hydrogen) atoms. The molecule has 1 heterocycles. The van der Waals surface area contributed by atoms with Crippen molar-refractivity contribution in [2.24, 2.45) is 5.92 Å². The molecule has 2 rings (SSSR count). The Kier molecular flexibility index (Phi) is 6.19. The van der Waals surface area contributed by atoms with Crippen LogP contribution in [0.4, 0.5) is 4.39 Å². The smallest absolute Gasteiger partial charge is 0.252 e. The van der Waals surface area contributed by atoms with Gasteiger partial charge in [0, 0.05) is 30.0 Å². The molecule has 0 radical (unpaired) electrons. The molecular formula is C12H15BrClFN2O2. The quantitative estimate of drug-likeness (QED) is 0.768. The second-order valence-corrected chi connectivity index (χ2v) is 5.17. The third-order valence-corrected chi connectivity index (χ3v) is 3.69. The maximum atomic E-state index is 13.1. The van der Waals surface area contributed by atoms with Crippen LogP contribution < -0.4 is 10.6 Å². The Morgan fingerprint density at radius 1 is 1.53 bits per heavy atom. The number of carbonyl (C=O) groups is 1. The zero-order valence-corrected chi connectivity index (χ0v) is 12.4. The van der Waals surface area contributed by atoms with Crippen LogP contribution in [0, 0.1) is 11.7 Å². The van der Waals surface area contributed by atoms with Crippen molar-refractivity contribution >= 4 is 34.2 Å². The molecule has 0 bridgehead atoms. The SMILES string of the molecule is Cl.O=C(NCC1CNCC1O)c1cc(F)ccc1Br. The van der Waals surface area contributed by atoms with E-state index in [2.05, 4.69) is 26.6 Å². The zero-order valence-electron chi connectivity index (χ0n) is 10.0. The third-order valence-electron chi connectivity index (χ3n) is 3.00. The Morgan fingerprint density at radius 3 is 2.89 bits per heavy atom. The largest absolute Gasteiger partial charge is 0.391 e. The highest BCUT2D eigenvalue weighted by atomic mass is 79.9. The number of β-amino-alcohol motifs (C(OH)–C–C–N with tert-alkyl or cyclic N) is 1. The van der Waals surface area contributed by atoms with Gasteiger partial charge in [-0.05, 0) is 34.1 Å². The van der Waals surface area contributed by atoms with Gasteiger partial charge in [0.2, 0.25) is 0 Å². The number of hydrogen-bond acceptors (Lipinski definition) is 3. The zero-order chi connectivity index (χ0) is 13.1. The van der Waals surface area contributed by atoms with Crippen molar-refractivity contribution in [3.63, 3.8) is 0 Å². The van der Waals surface area contributed by atoms with Crippen LogP contribution in [0.1, 0.15) is 10.4 Å². The van der Waals surface area contributed by atoms with Gasteiger partial charge in [0.15, 0.2) is 0 Å². The van der Waals surface area contributed by atoms with E-state index in [9.17, 15) is 14.3 Å². The number of rotatable bonds is 3. The van der Waals surface area contributed by atoms with Crippen molar-refractivity contribution < 1.29 is 14.3 Å². The Morgan fingerprint density at radius 2 is 2.26 bits per heavy atom. The lowest BCUT2D eigenvalue weighted by atomic mass is 10.1. The molecule has 1 aliphatic rings. The van der Waals surface area contributed by atoms with Crippen LogP contribution in [-0.4, -0.2) is 36.8 Å². The molecule has 0 aliphatic carbocycles. The summed E-state index contributed by atoms with van der Waals surface area (Å²) in [7, 11) is 0. The Bertz CT molecular complexity index is 461. The summed E-state index contributed by atoms with van der Waals surface area (Å²) in [6, 6.07) is 3.96. The summed E-state index contributed by atoms with van der Waals surface area (Å²) in [4.78, 5) is 11.9. The maximum absolute atomic E-state index is 13.1. The third kappa shape index (κ3) is 4.14. The monoisotopic (exact) mass is 352 g/mol. The second kappa shape index (κ2) is 7.19. The Hall–Kier alpha value is -0.690. The summed E-state index contributed by atoms with van der Waals surface area (Å²) in [5.74, 6) is -0.798. The van der Waals surface area contributed by atoms with E-state index in [0.717, 1.165) is 0 Å². The number of nitrogens with one attached hydrogen (secondary N) is 2. The van der Waals surface area contributed by atoms with E-state index in [1.165, 1.54) is 18.2 Å². The summed E-state index contributed by atoms with van der Waals surface area (Å²) < 4.78 is 13.6. The number of hydrogen-bond donors (Lipinski definition) is 3. The predicted molar refractivity (Wildman–Crippen MR) is 76.0 cm³/mol. The highest BCUT2D eigenvalue weighted by Gasteiger charge is 2.25. The van der Waals surface area contributed by atoms with Gasteiger partial charge in [-0.2, -0.15) is 0 Å². The first-order chi connectivity index (χ1) is 8.58. The van der Waals surface area contributed by atoms with Gasteiger partial charge >= 0.3 is 0 Å². The highest BCUT2D eigenvalue weighted by molar-refractivity contribution is 9.10. The molecule has 2 atom stereocenters. The van der Waals surface area contributed by atoms with Gasteiger partial charge in [0.1, 0.15) is 5.82 Å². The highest BCUT2D eigenvalue weighted by Crippen LogP contribution is 2.18. The molecule has 106 valence electrons. The van der Waals surface area contributed by atoms with Crippen molar-refractivity contribution in [3.05, 3.63) is 34.1 Å². The molecule has 1 aromatic rings. The van der Waals surface area contributed by atoms with Crippen LogP contribution in [0.2, 0.25) is 0 Å². The molecule has 1 aromatic carbocycles. The van der Waals surface area contributed by atoms with E-state index in [-0.39, 0.29) is 29.8 Å². The van der Waals surface area contributed by atoms with Crippen LogP contribution >= 0.6 is 28.3 Å². The number of halogens is 3. The molecular weight excluding hydrogens is 338 g/mol. The van der Waals surface area contributed by atoms with Gasteiger partial charge in [-0.3, -0.25) is 4.79 Å². The average molecular weight is 354 g/mol. The molecule has 7 heteroatoms. The lowest BCUT2D eigenvalue weighted by molar-refractivity contribution is 0.0926. The second-order valence-electron chi connectivity index (χ2n) is 4.32. The first-order valence-corrected chi connectivity index (χ1v) is 6.49. The summed E-state index contributed by atoms with van der Waals surface area (Å²) >= 11 is 3.21. The van der Waals surface area contributed by atoms with E-state index in [1.54, 1.807) is 0 Å². The number of carbonyl (C=O) groups excluding carboxylic acids is 1. The van der Waals surface area contributed by atoms with Crippen molar-refractivity contribution in [1.29, 1.82) is 0 Å². The van der Waals surface area contributed by atoms with E-state index in [4.69, 9.17) is 0 Å². The fraction of sp³-hybridized carbons (Fsp3) is 0.417. The minimum Gasteiger partial charge on any atom is -0.391 e. The van der Waals surface area contributed by atoms with Crippen LogP contribution in [-0.2, 0) is 0 Å². The summed E-state index contributed by atoms with van der Waals surface area (Å²) in [6.45, 7) is 1.59. The van der Waals surface area contributed by atoms with Crippen LogP contribution in [0.3, 0.4) is 0 Å². The summed E-state index contributed by atoms with van der Waals surface area (Å²) in [6.07, 6.45) is -0.443. The topological polar surface area (TPSA) is 61.4 Å². The van der Waals surface area contributed by atoms with Crippen molar-refractivity contribution in [2.45, 2.75) is 6.10 Å². The molecule has 0 spiro atoms. The fourth-order valence-corrected chi connectivity index (χ4v) is 2.34. The molecule has 1 amide bonds.